The summed E-state index contributed by atoms with van der Waals surface area (Å²) in [6.45, 7) is 4.23. The number of esters is 3. The first-order valence-corrected chi connectivity index (χ1v) is 28.9. The highest BCUT2D eigenvalue weighted by Crippen LogP contribution is 2.43. The van der Waals surface area contributed by atoms with E-state index in [2.05, 4.69) is 130 Å². The van der Waals surface area contributed by atoms with Crippen molar-refractivity contribution < 1.29 is 52.2 Å². The van der Waals surface area contributed by atoms with Crippen LogP contribution in [0.5, 0.6) is 0 Å². The van der Waals surface area contributed by atoms with Crippen molar-refractivity contribution >= 4 is 25.7 Å². The van der Waals surface area contributed by atoms with Crippen molar-refractivity contribution in [3.8, 4) is 0 Å². The van der Waals surface area contributed by atoms with Crippen molar-refractivity contribution in [1.82, 2.24) is 0 Å². The third-order valence-corrected chi connectivity index (χ3v) is 11.8. The average molecular weight is 1030 g/mol. The van der Waals surface area contributed by atoms with E-state index < -0.39 is 64.4 Å². The van der Waals surface area contributed by atoms with Crippen molar-refractivity contribution in [2.45, 2.75) is 213 Å². The number of phosphoric ester groups is 1. The lowest BCUT2D eigenvalue weighted by Gasteiger charge is -2.21. The Morgan fingerprint density at radius 2 is 0.750 bits per heavy atom. The van der Waals surface area contributed by atoms with Gasteiger partial charge in [0, 0.05) is 19.3 Å². The highest BCUT2D eigenvalue weighted by Gasteiger charge is 2.28. The summed E-state index contributed by atoms with van der Waals surface area (Å²) in [6, 6.07) is 0. The van der Waals surface area contributed by atoms with Crippen LogP contribution in [-0.4, -0.2) is 66.5 Å². The standard InChI is InChI=1S/C60H97O11P/c1-4-7-10-13-16-19-22-25-27-28-30-33-36-39-42-45-48-51-60(64)71-57(53-67-58(62)49-46-43-40-37-34-31-24-21-18-15-12-9-6-3)55-69-72(65,66)68-54-56(52-61)70-59(63)50-47-44-41-38-35-32-29-26-23-20-17-14-11-8-5-2/h7,9-10,12,16-21,25-27,29-31,33-34,40,43,56-57,61H,4-6,8,11,13-15,22-24,28,32,35-39,41-42,44-55H2,1-3H3,(H,65,66)/b10-7-,12-9-,19-16-,20-17-,21-18-,27-25-,29-26-,33-30-,34-31-,43-40-. The highest BCUT2D eigenvalue weighted by molar-refractivity contribution is 7.47. The number of hydrogen-bond donors (Lipinski definition) is 2. The predicted octanol–water partition coefficient (Wildman–Crippen LogP) is 16.0. The fourth-order valence-electron chi connectivity index (χ4n) is 6.74. The van der Waals surface area contributed by atoms with Gasteiger partial charge in [-0.15, -0.1) is 0 Å². The number of aliphatic hydroxyl groups excluding tert-OH is 1. The minimum absolute atomic E-state index is 0.0924. The molecule has 0 bridgehead atoms. The van der Waals surface area contributed by atoms with Crippen LogP contribution in [0.25, 0.3) is 0 Å². The minimum Gasteiger partial charge on any atom is -0.462 e. The maximum Gasteiger partial charge on any atom is 0.472 e. The number of unbranched alkanes of at least 4 members (excludes halogenated alkanes) is 12. The molecule has 0 saturated carbocycles. The summed E-state index contributed by atoms with van der Waals surface area (Å²) in [7, 11) is -4.78. The molecule has 0 aliphatic heterocycles. The second kappa shape index (κ2) is 53.2. The summed E-state index contributed by atoms with van der Waals surface area (Å²) < 4.78 is 39.3. The maximum atomic E-state index is 12.9. The van der Waals surface area contributed by atoms with Gasteiger partial charge < -0.3 is 24.2 Å². The number of aliphatic hydroxyl groups is 1. The molecule has 0 aliphatic rings. The fraction of sp³-hybridized carbons (Fsp3) is 0.617. The molecular formula is C60H97O11P. The van der Waals surface area contributed by atoms with E-state index in [1.807, 2.05) is 12.2 Å². The van der Waals surface area contributed by atoms with Crippen LogP contribution in [0, 0.1) is 0 Å². The Morgan fingerprint density at radius 3 is 1.17 bits per heavy atom. The van der Waals surface area contributed by atoms with Gasteiger partial charge in [0.25, 0.3) is 0 Å². The summed E-state index contributed by atoms with van der Waals surface area (Å²) in [5.74, 6) is -1.62. The van der Waals surface area contributed by atoms with Gasteiger partial charge in [0.1, 0.15) is 12.7 Å². The molecule has 0 amide bonds. The molecular weight excluding hydrogens is 928 g/mol. The number of hydrogen-bond acceptors (Lipinski definition) is 10. The number of carbonyl (C=O) groups excluding carboxylic acids is 3. The van der Waals surface area contributed by atoms with Crippen molar-refractivity contribution in [3.63, 3.8) is 0 Å². The van der Waals surface area contributed by atoms with Gasteiger partial charge in [-0.25, -0.2) is 4.57 Å². The second-order valence-corrected chi connectivity index (χ2v) is 19.1. The molecule has 12 heteroatoms. The van der Waals surface area contributed by atoms with Crippen LogP contribution in [0.4, 0.5) is 0 Å². The van der Waals surface area contributed by atoms with Gasteiger partial charge in [0.15, 0.2) is 6.10 Å². The zero-order chi connectivity index (χ0) is 52.7. The Bertz CT molecular complexity index is 1670. The van der Waals surface area contributed by atoms with E-state index in [1.165, 1.54) is 19.3 Å². The Balaban J connectivity index is 4.86. The van der Waals surface area contributed by atoms with E-state index in [1.54, 1.807) is 0 Å². The summed E-state index contributed by atoms with van der Waals surface area (Å²) in [6.07, 6.45) is 64.6. The Labute approximate surface area is 437 Å². The zero-order valence-corrected chi connectivity index (χ0v) is 45.7. The number of phosphoric acid groups is 1. The Morgan fingerprint density at radius 1 is 0.403 bits per heavy atom. The third kappa shape index (κ3) is 50.8. The maximum absolute atomic E-state index is 12.9. The molecule has 0 aliphatic carbocycles. The molecule has 3 unspecified atom stereocenters. The molecule has 0 aromatic heterocycles. The van der Waals surface area contributed by atoms with E-state index in [9.17, 15) is 28.9 Å². The van der Waals surface area contributed by atoms with Crippen LogP contribution in [0.2, 0.25) is 0 Å². The van der Waals surface area contributed by atoms with Gasteiger partial charge in [-0.05, 0) is 116 Å². The first-order valence-electron chi connectivity index (χ1n) is 27.4. The molecule has 0 heterocycles. The number of allylic oxidation sites excluding steroid dienone is 20. The van der Waals surface area contributed by atoms with Crippen LogP contribution in [0.1, 0.15) is 201 Å². The SMILES string of the molecule is CC/C=C\C/C=C\C/C=C\C/C=C\CCCCCCC(=O)OC(COC(=O)CC/C=C\C/C=C\C/C=C\C/C=C\CC)COP(=O)(O)OCC(CO)OC(=O)CCCCCCC/C=C\C/C=C\CCCCC. The molecule has 11 nitrogen and oxygen atoms in total. The largest absolute Gasteiger partial charge is 0.472 e. The Kier molecular flexibility index (Phi) is 50.1. The summed E-state index contributed by atoms with van der Waals surface area (Å²) in [4.78, 5) is 48.4. The quantitative estimate of drug-likeness (QED) is 0.0197. The highest BCUT2D eigenvalue weighted by atomic mass is 31.2. The monoisotopic (exact) mass is 1020 g/mol. The van der Waals surface area contributed by atoms with E-state index in [4.69, 9.17) is 23.3 Å². The van der Waals surface area contributed by atoms with E-state index in [0.717, 1.165) is 122 Å². The Hall–Kier alpha value is -4.12. The van der Waals surface area contributed by atoms with Gasteiger partial charge in [-0.2, -0.15) is 0 Å². The average Bonchev–Trinajstić information content (AvgIpc) is 3.37. The predicted molar refractivity (Wildman–Crippen MR) is 297 cm³/mol. The normalized spacial score (nSPS) is 14.3. The lowest BCUT2D eigenvalue weighted by atomic mass is 10.1. The van der Waals surface area contributed by atoms with Gasteiger partial charge in [0.05, 0.1) is 19.8 Å². The summed E-state index contributed by atoms with van der Waals surface area (Å²) >= 11 is 0. The van der Waals surface area contributed by atoms with Crippen molar-refractivity contribution in [2.24, 2.45) is 0 Å². The fourth-order valence-corrected chi connectivity index (χ4v) is 7.53. The van der Waals surface area contributed by atoms with E-state index in [-0.39, 0.29) is 19.3 Å². The number of ether oxygens (including phenoxy) is 3. The van der Waals surface area contributed by atoms with E-state index >= 15 is 0 Å². The minimum atomic E-state index is -4.78. The first kappa shape index (κ1) is 67.9. The molecule has 0 radical (unpaired) electrons. The molecule has 2 N–H and O–H groups in total. The van der Waals surface area contributed by atoms with Crippen molar-refractivity contribution in [1.29, 1.82) is 0 Å². The molecule has 0 saturated heterocycles. The van der Waals surface area contributed by atoms with Crippen LogP contribution in [0.3, 0.4) is 0 Å². The van der Waals surface area contributed by atoms with Crippen molar-refractivity contribution in [2.75, 3.05) is 26.4 Å². The third-order valence-electron chi connectivity index (χ3n) is 10.9. The summed E-state index contributed by atoms with van der Waals surface area (Å²) in [5.41, 5.74) is 0. The van der Waals surface area contributed by atoms with Crippen LogP contribution < -0.4 is 0 Å². The van der Waals surface area contributed by atoms with Crippen LogP contribution in [0.15, 0.2) is 122 Å². The molecule has 0 aromatic carbocycles. The molecule has 0 aromatic rings. The van der Waals surface area contributed by atoms with Crippen LogP contribution in [-0.2, 0) is 42.2 Å². The van der Waals surface area contributed by atoms with Crippen molar-refractivity contribution in [3.05, 3.63) is 122 Å². The van der Waals surface area contributed by atoms with Gasteiger partial charge in [-0.3, -0.25) is 23.4 Å². The lowest BCUT2D eigenvalue weighted by molar-refractivity contribution is -0.161. The molecule has 3 atom stereocenters. The molecule has 72 heavy (non-hydrogen) atoms. The van der Waals surface area contributed by atoms with E-state index in [0.29, 0.717) is 19.3 Å². The summed E-state index contributed by atoms with van der Waals surface area (Å²) in [5, 5.41) is 9.80. The molecule has 408 valence electrons. The van der Waals surface area contributed by atoms with Gasteiger partial charge in [0.2, 0.25) is 0 Å². The first-order chi connectivity index (χ1) is 35.2. The topological polar surface area (TPSA) is 155 Å². The van der Waals surface area contributed by atoms with Gasteiger partial charge >= 0.3 is 25.7 Å². The molecule has 0 spiro atoms. The smallest absolute Gasteiger partial charge is 0.462 e. The second-order valence-electron chi connectivity index (χ2n) is 17.6. The zero-order valence-electron chi connectivity index (χ0n) is 44.8. The lowest BCUT2D eigenvalue weighted by Crippen LogP contribution is -2.30. The number of carbonyl (C=O) groups is 3. The number of rotatable bonds is 49. The molecule has 0 fully saturated rings. The van der Waals surface area contributed by atoms with Gasteiger partial charge in [-0.1, -0.05) is 187 Å². The van der Waals surface area contributed by atoms with Crippen LogP contribution >= 0.6 is 7.82 Å². The molecule has 0 rings (SSSR count).